The molecule has 8 nitrogen and oxygen atoms in total. The zero-order valence-corrected chi connectivity index (χ0v) is 16.3. The molecule has 2 unspecified atom stereocenters. The summed E-state index contributed by atoms with van der Waals surface area (Å²) in [5, 5.41) is 50.1. The van der Waals surface area contributed by atoms with E-state index in [-0.39, 0.29) is 16.9 Å². The summed E-state index contributed by atoms with van der Waals surface area (Å²) in [4.78, 5) is 25.1. The van der Waals surface area contributed by atoms with Crippen LogP contribution in [-0.4, -0.2) is 74.4 Å². The molecule has 0 aliphatic carbocycles. The van der Waals surface area contributed by atoms with Crippen LogP contribution in [0.1, 0.15) is 28.4 Å². The Balaban J connectivity index is 2.04. The van der Waals surface area contributed by atoms with E-state index in [1.807, 2.05) is 0 Å². The number of aliphatic hydroxyl groups is 4. The number of aliphatic hydroxyl groups excluding tert-OH is 4. The molecule has 0 saturated carbocycles. The lowest BCUT2D eigenvalue weighted by Gasteiger charge is -2.46. The summed E-state index contributed by atoms with van der Waals surface area (Å²) in [5.41, 5.74) is -1.04. The van der Waals surface area contributed by atoms with Gasteiger partial charge in [-0.1, -0.05) is 48.5 Å². The topological polar surface area (TPSA) is 145 Å². The van der Waals surface area contributed by atoms with Gasteiger partial charge in [-0.3, -0.25) is 9.59 Å². The van der Waals surface area contributed by atoms with Gasteiger partial charge in [0.15, 0.2) is 5.78 Å². The maximum atomic E-state index is 12.8. The zero-order valence-electron chi connectivity index (χ0n) is 16.3. The Morgan fingerprint density at radius 3 is 2.17 bits per heavy atom. The predicted molar refractivity (Wildman–Crippen MR) is 105 cm³/mol. The first-order chi connectivity index (χ1) is 14.2. The number of carboxylic acids is 1. The molecule has 3 rings (SSSR count). The highest BCUT2D eigenvalue weighted by Crippen LogP contribution is 2.37. The summed E-state index contributed by atoms with van der Waals surface area (Å²) in [7, 11) is 0. The molecule has 1 aliphatic rings. The highest BCUT2D eigenvalue weighted by atomic mass is 16.5. The van der Waals surface area contributed by atoms with Gasteiger partial charge in [0.2, 0.25) is 0 Å². The van der Waals surface area contributed by atoms with E-state index in [9.17, 15) is 35.1 Å². The monoisotopic (exact) mass is 416 g/mol. The van der Waals surface area contributed by atoms with Gasteiger partial charge in [0.25, 0.3) is 0 Å². The van der Waals surface area contributed by atoms with Crippen molar-refractivity contribution in [3.63, 3.8) is 0 Å². The summed E-state index contributed by atoms with van der Waals surface area (Å²) in [6.45, 7) is 0.623. The van der Waals surface area contributed by atoms with Gasteiger partial charge in [-0.05, 0) is 18.6 Å². The molecule has 0 radical (unpaired) electrons. The van der Waals surface area contributed by atoms with E-state index in [2.05, 4.69) is 0 Å². The third-order valence-electron chi connectivity index (χ3n) is 5.67. The fourth-order valence-electron chi connectivity index (χ4n) is 3.73. The first-order valence-electron chi connectivity index (χ1n) is 9.46. The molecule has 0 bridgehead atoms. The number of carboxylic acid groups (broad SMARTS) is 1. The Kier molecular flexibility index (Phi) is 6.35. The lowest BCUT2D eigenvalue weighted by molar-refractivity contribution is -0.245. The van der Waals surface area contributed by atoms with E-state index >= 15 is 0 Å². The summed E-state index contributed by atoms with van der Waals surface area (Å²) in [6, 6.07) is 14.5. The maximum absolute atomic E-state index is 12.8. The summed E-state index contributed by atoms with van der Waals surface area (Å²) >= 11 is 0. The van der Waals surface area contributed by atoms with E-state index in [1.54, 1.807) is 36.4 Å². The number of benzene rings is 2. The van der Waals surface area contributed by atoms with Gasteiger partial charge < -0.3 is 30.3 Å². The van der Waals surface area contributed by atoms with Crippen LogP contribution < -0.4 is 0 Å². The third kappa shape index (κ3) is 3.76. The molecule has 0 spiro atoms. The van der Waals surface area contributed by atoms with Crippen LogP contribution in [-0.2, 0) is 14.9 Å². The first kappa shape index (κ1) is 22.1. The van der Waals surface area contributed by atoms with E-state index in [4.69, 9.17) is 4.74 Å². The lowest BCUT2D eigenvalue weighted by atomic mass is 9.72. The van der Waals surface area contributed by atoms with Crippen LogP contribution in [0.4, 0.5) is 0 Å². The molecular formula is C22H24O8. The van der Waals surface area contributed by atoms with Crippen LogP contribution in [0, 0.1) is 0 Å². The molecule has 2 aromatic carbocycles. The molecule has 6 atom stereocenters. The van der Waals surface area contributed by atoms with Crippen LogP contribution in [0.5, 0.6) is 0 Å². The second-order valence-electron chi connectivity index (χ2n) is 7.53. The van der Waals surface area contributed by atoms with Gasteiger partial charge in [0.05, 0.1) is 6.61 Å². The number of carbonyl (C=O) groups excluding carboxylic acids is 1. The number of ketones is 1. The van der Waals surface area contributed by atoms with Crippen molar-refractivity contribution in [3.05, 3.63) is 71.3 Å². The van der Waals surface area contributed by atoms with E-state index < -0.39 is 48.5 Å². The van der Waals surface area contributed by atoms with E-state index in [0.29, 0.717) is 5.56 Å². The number of carbonyl (C=O) groups is 2. The molecule has 8 heteroatoms. The minimum absolute atomic E-state index is 0.168. The predicted octanol–water partition coefficient (Wildman–Crippen LogP) is 0.102. The van der Waals surface area contributed by atoms with Crippen molar-refractivity contribution in [1.29, 1.82) is 0 Å². The number of ether oxygens (including phenoxy) is 1. The van der Waals surface area contributed by atoms with Crippen LogP contribution in [0.25, 0.3) is 0 Å². The van der Waals surface area contributed by atoms with Gasteiger partial charge in [0, 0.05) is 11.1 Å². The minimum Gasteiger partial charge on any atom is -0.481 e. The average Bonchev–Trinajstić information content (AvgIpc) is 2.77. The van der Waals surface area contributed by atoms with Crippen molar-refractivity contribution in [3.8, 4) is 0 Å². The fourth-order valence-corrected chi connectivity index (χ4v) is 3.73. The molecule has 1 aliphatic heterocycles. The minimum atomic E-state index is -1.89. The van der Waals surface area contributed by atoms with Crippen molar-refractivity contribution in [1.82, 2.24) is 0 Å². The Morgan fingerprint density at radius 1 is 0.933 bits per heavy atom. The van der Waals surface area contributed by atoms with E-state index in [1.165, 1.54) is 25.1 Å². The molecule has 160 valence electrons. The van der Waals surface area contributed by atoms with Crippen LogP contribution >= 0.6 is 0 Å². The largest absolute Gasteiger partial charge is 0.481 e. The number of hydrogen-bond donors (Lipinski definition) is 5. The van der Waals surface area contributed by atoms with Gasteiger partial charge >= 0.3 is 5.97 Å². The smallest absolute Gasteiger partial charge is 0.316 e. The molecule has 0 amide bonds. The Labute approximate surface area is 173 Å². The van der Waals surface area contributed by atoms with Crippen LogP contribution in [0.3, 0.4) is 0 Å². The van der Waals surface area contributed by atoms with Crippen molar-refractivity contribution >= 4 is 11.8 Å². The number of aliphatic carboxylic acids is 1. The molecule has 1 saturated heterocycles. The SMILES string of the molecule is CC(C(=O)O)(c1cccc(C(=O)c2ccccc2)c1)C1O[C@H](CO)[C@@H](O)[C@H](O)[C@H]1O. The van der Waals surface area contributed by atoms with Crippen LogP contribution in [0.15, 0.2) is 54.6 Å². The van der Waals surface area contributed by atoms with E-state index in [0.717, 1.165) is 0 Å². The van der Waals surface area contributed by atoms with Crippen LogP contribution in [0.2, 0.25) is 0 Å². The quantitative estimate of drug-likeness (QED) is 0.417. The Bertz CT molecular complexity index is 912. The first-order valence-corrected chi connectivity index (χ1v) is 9.46. The maximum Gasteiger partial charge on any atom is 0.316 e. The normalized spacial score (nSPS) is 28.5. The van der Waals surface area contributed by atoms with Crippen molar-refractivity contribution in [2.24, 2.45) is 0 Å². The van der Waals surface area contributed by atoms with Gasteiger partial charge in [-0.15, -0.1) is 0 Å². The summed E-state index contributed by atoms with van der Waals surface area (Å²) < 4.78 is 5.52. The standard InChI is InChI=1S/C22H24O8/c1-22(21(28)29,20-19(27)18(26)17(25)15(11-23)30-20)14-9-5-8-13(10-14)16(24)12-6-3-2-4-7-12/h2-10,15,17-20,23,25-27H,11H2,1H3,(H,28,29)/t15-,17-,18+,19-,20?,22?/m1/s1. The second-order valence-corrected chi connectivity index (χ2v) is 7.53. The summed E-state index contributed by atoms with van der Waals surface area (Å²) in [5.74, 6) is -1.67. The second kappa shape index (κ2) is 8.63. The summed E-state index contributed by atoms with van der Waals surface area (Å²) in [6.07, 6.45) is -7.80. The average molecular weight is 416 g/mol. The molecular weight excluding hydrogens is 392 g/mol. The third-order valence-corrected chi connectivity index (χ3v) is 5.67. The van der Waals surface area contributed by atoms with Crippen molar-refractivity contribution < 1.29 is 39.9 Å². The van der Waals surface area contributed by atoms with Crippen molar-refractivity contribution in [2.45, 2.75) is 42.9 Å². The molecule has 1 heterocycles. The Morgan fingerprint density at radius 2 is 1.57 bits per heavy atom. The lowest BCUT2D eigenvalue weighted by Crippen LogP contribution is -2.65. The fraction of sp³-hybridized carbons (Fsp3) is 0.364. The number of hydrogen-bond acceptors (Lipinski definition) is 7. The molecule has 30 heavy (non-hydrogen) atoms. The molecule has 2 aromatic rings. The van der Waals surface area contributed by atoms with Gasteiger partial charge in [-0.25, -0.2) is 0 Å². The zero-order chi connectivity index (χ0) is 22.1. The number of rotatable bonds is 6. The van der Waals surface area contributed by atoms with Gasteiger partial charge in [0.1, 0.15) is 35.9 Å². The van der Waals surface area contributed by atoms with Gasteiger partial charge in [-0.2, -0.15) is 0 Å². The highest BCUT2D eigenvalue weighted by molar-refractivity contribution is 6.09. The molecule has 0 aromatic heterocycles. The van der Waals surface area contributed by atoms with Crippen molar-refractivity contribution in [2.75, 3.05) is 6.61 Å². The highest BCUT2D eigenvalue weighted by Gasteiger charge is 2.55. The Hall–Kier alpha value is -2.62. The molecule has 5 N–H and O–H groups in total. The molecule has 1 fully saturated rings.